The average molecular weight is 289 g/mol. The number of carbonyl (C=O) groups excluding carboxylic acids is 1. The van der Waals surface area contributed by atoms with E-state index in [9.17, 15) is 14.7 Å². The molecule has 0 aliphatic heterocycles. The maximum absolute atomic E-state index is 12.5. The molecule has 0 aromatic carbocycles. The predicted molar refractivity (Wildman–Crippen MR) is 76.6 cm³/mol. The Kier molecular flexibility index (Phi) is 3.31. The molecule has 0 radical (unpaired) electrons. The van der Waals surface area contributed by atoms with Gasteiger partial charge in [0.1, 0.15) is 0 Å². The third-order valence-electron chi connectivity index (χ3n) is 4.71. The quantitative estimate of drug-likeness (QED) is 0.826. The van der Waals surface area contributed by atoms with Crippen LogP contribution < -0.4 is 5.32 Å². The fourth-order valence-electron chi connectivity index (χ4n) is 3.62. The lowest BCUT2D eigenvalue weighted by Crippen LogP contribution is -2.36. The Morgan fingerprint density at radius 1 is 1.38 bits per heavy atom. The second-order valence-corrected chi connectivity index (χ2v) is 5.79. The minimum absolute atomic E-state index is 0.0114. The van der Waals surface area contributed by atoms with Crippen molar-refractivity contribution in [3.05, 3.63) is 24.0 Å². The molecule has 1 fully saturated rings. The highest BCUT2D eigenvalue weighted by Crippen LogP contribution is 2.48. The first-order valence-corrected chi connectivity index (χ1v) is 7.27. The zero-order valence-electron chi connectivity index (χ0n) is 12.1. The second-order valence-electron chi connectivity index (χ2n) is 5.79. The Bertz CT molecular complexity index is 620. The van der Waals surface area contributed by atoms with Crippen LogP contribution in [-0.4, -0.2) is 26.8 Å². The molecule has 1 aromatic heterocycles. The number of aliphatic carboxylic acids is 1. The molecule has 112 valence electrons. The van der Waals surface area contributed by atoms with E-state index in [0.29, 0.717) is 5.69 Å². The fraction of sp³-hybridized carbons (Fsp3) is 0.533. The number of rotatable bonds is 4. The molecule has 3 rings (SSSR count). The Morgan fingerprint density at radius 2 is 2.05 bits per heavy atom. The van der Waals surface area contributed by atoms with Crippen LogP contribution >= 0.6 is 0 Å². The molecule has 1 heterocycles. The van der Waals surface area contributed by atoms with Crippen LogP contribution in [0.25, 0.3) is 0 Å². The molecule has 2 bridgehead atoms. The Morgan fingerprint density at radius 3 is 2.62 bits per heavy atom. The molecule has 1 amide bonds. The van der Waals surface area contributed by atoms with Crippen molar-refractivity contribution < 1.29 is 14.7 Å². The number of aromatic nitrogens is 2. The van der Waals surface area contributed by atoms with Crippen molar-refractivity contribution in [2.24, 2.45) is 23.7 Å². The minimum Gasteiger partial charge on any atom is -0.481 e. The lowest BCUT2D eigenvalue weighted by molar-refractivity contribution is -0.146. The Labute approximate surface area is 122 Å². The Balaban J connectivity index is 1.80. The third-order valence-corrected chi connectivity index (χ3v) is 4.71. The number of carbonyl (C=O) groups is 2. The molecule has 1 saturated carbocycles. The number of carboxylic acids is 1. The van der Waals surface area contributed by atoms with Gasteiger partial charge in [0, 0.05) is 6.54 Å². The van der Waals surface area contributed by atoms with Gasteiger partial charge >= 0.3 is 5.97 Å². The van der Waals surface area contributed by atoms with E-state index in [0.717, 1.165) is 18.7 Å². The summed E-state index contributed by atoms with van der Waals surface area (Å²) in [5.41, 5.74) is 1.55. The molecular weight excluding hydrogens is 270 g/mol. The number of anilines is 1. The van der Waals surface area contributed by atoms with Crippen molar-refractivity contribution in [1.29, 1.82) is 0 Å². The zero-order valence-corrected chi connectivity index (χ0v) is 12.1. The molecule has 6 nitrogen and oxygen atoms in total. The van der Waals surface area contributed by atoms with Gasteiger partial charge in [-0.3, -0.25) is 14.3 Å². The van der Waals surface area contributed by atoms with Crippen LogP contribution in [0, 0.1) is 30.6 Å². The molecule has 4 atom stereocenters. The SMILES string of the molecule is CCn1ncc(NC(=O)[C@@H]2[C@@H](C(=O)O)[C@H]3C=C[C@@H]2C3)c1C. The van der Waals surface area contributed by atoms with E-state index in [1.807, 2.05) is 26.0 Å². The standard InChI is InChI=1S/C15H19N3O3/c1-3-18-8(2)11(7-16-18)17-14(19)12-9-4-5-10(6-9)13(12)15(20)21/h4-5,7,9-10,12-13H,3,6H2,1-2H3,(H,17,19)(H,20,21)/t9-,10+,12+,13+/m1/s1. The van der Waals surface area contributed by atoms with Crippen molar-refractivity contribution in [3.8, 4) is 0 Å². The van der Waals surface area contributed by atoms with Gasteiger partial charge in [-0.2, -0.15) is 5.10 Å². The summed E-state index contributed by atoms with van der Waals surface area (Å²) in [6.45, 7) is 4.60. The molecule has 2 N–H and O–H groups in total. The molecule has 6 heteroatoms. The van der Waals surface area contributed by atoms with E-state index in [4.69, 9.17) is 0 Å². The lowest BCUT2D eigenvalue weighted by atomic mass is 9.82. The zero-order chi connectivity index (χ0) is 15.1. The van der Waals surface area contributed by atoms with Crippen molar-refractivity contribution >= 4 is 17.6 Å². The van der Waals surface area contributed by atoms with Gasteiger partial charge < -0.3 is 10.4 Å². The first-order chi connectivity index (χ1) is 10.0. The van der Waals surface area contributed by atoms with E-state index in [-0.39, 0.29) is 17.7 Å². The van der Waals surface area contributed by atoms with Gasteiger partial charge in [0.15, 0.2) is 0 Å². The Hall–Kier alpha value is -2.11. The molecule has 2 aliphatic carbocycles. The summed E-state index contributed by atoms with van der Waals surface area (Å²) in [5, 5.41) is 16.4. The highest BCUT2D eigenvalue weighted by atomic mass is 16.4. The summed E-state index contributed by atoms with van der Waals surface area (Å²) in [6.07, 6.45) is 6.31. The molecule has 0 spiro atoms. The second kappa shape index (κ2) is 5.02. The largest absolute Gasteiger partial charge is 0.481 e. The number of nitrogens with one attached hydrogen (secondary N) is 1. The van der Waals surface area contributed by atoms with Crippen LogP contribution in [0.2, 0.25) is 0 Å². The predicted octanol–water partition coefficient (Wildman–Crippen LogP) is 1.67. The average Bonchev–Trinajstić information content (AvgIpc) is 3.13. The van der Waals surface area contributed by atoms with Crippen molar-refractivity contribution in [1.82, 2.24) is 9.78 Å². The number of nitrogens with zero attached hydrogens (tertiary/aromatic N) is 2. The van der Waals surface area contributed by atoms with Gasteiger partial charge in [-0.15, -0.1) is 0 Å². The van der Waals surface area contributed by atoms with Gasteiger partial charge in [-0.25, -0.2) is 0 Å². The van der Waals surface area contributed by atoms with Crippen molar-refractivity contribution in [3.63, 3.8) is 0 Å². The number of hydrogen-bond acceptors (Lipinski definition) is 3. The first kappa shape index (κ1) is 13.9. The monoisotopic (exact) mass is 289 g/mol. The lowest BCUT2D eigenvalue weighted by Gasteiger charge is -2.23. The van der Waals surface area contributed by atoms with Crippen LogP contribution in [-0.2, 0) is 16.1 Å². The molecule has 0 unspecified atom stereocenters. The highest BCUT2D eigenvalue weighted by Gasteiger charge is 2.51. The number of fused-ring (bicyclic) bond motifs is 2. The first-order valence-electron chi connectivity index (χ1n) is 7.27. The van der Waals surface area contributed by atoms with Crippen molar-refractivity contribution in [2.45, 2.75) is 26.8 Å². The smallest absolute Gasteiger partial charge is 0.307 e. The summed E-state index contributed by atoms with van der Waals surface area (Å²) < 4.78 is 1.80. The van der Waals surface area contributed by atoms with E-state index < -0.39 is 17.8 Å². The molecule has 21 heavy (non-hydrogen) atoms. The molecular formula is C15H19N3O3. The summed E-state index contributed by atoms with van der Waals surface area (Å²) in [7, 11) is 0. The summed E-state index contributed by atoms with van der Waals surface area (Å²) >= 11 is 0. The minimum atomic E-state index is -0.882. The molecule has 2 aliphatic rings. The number of carboxylic acid groups (broad SMARTS) is 1. The summed E-state index contributed by atoms with van der Waals surface area (Å²) in [6, 6.07) is 0. The molecule has 0 saturated heterocycles. The van der Waals surface area contributed by atoms with Gasteiger partial charge in [-0.1, -0.05) is 12.2 Å². The van der Waals surface area contributed by atoms with Gasteiger partial charge in [0.25, 0.3) is 0 Å². The highest BCUT2D eigenvalue weighted by molar-refractivity contribution is 5.96. The summed E-state index contributed by atoms with van der Waals surface area (Å²) in [5.74, 6) is -2.16. The number of aryl methyl sites for hydroxylation is 1. The van der Waals surface area contributed by atoms with Crippen molar-refractivity contribution in [2.75, 3.05) is 5.32 Å². The van der Waals surface area contributed by atoms with E-state index in [1.165, 1.54) is 0 Å². The topological polar surface area (TPSA) is 84.2 Å². The summed E-state index contributed by atoms with van der Waals surface area (Å²) in [4.78, 5) is 24.0. The van der Waals surface area contributed by atoms with Crippen LogP contribution in [0.5, 0.6) is 0 Å². The fourth-order valence-corrected chi connectivity index (χ4v) is 3.62. The van der Waals surface area contributed by atoms with Crippen LogP contribution in [0.1, 0.15) is 19.0 Å². The maximum Gasteiger partial charge on any atom is 0.307 e. The van der Waals surface area contributed by atoms with Crippen LogP contribution in [0.15, 0.2) is 18.3 Å². The van der Waals surface area contributed by atoms with E-state index >= 15 is 0 Å². The van der Waals surface area contributed by atoms with E-state index in [2.05, 4.69) is 10.4 Å². The van der Waals surface area contributed by atoms with Gasteiger partial charge in [0.2, 0.25) is 5.91 Å². The number of allylic oxidation sites excluding steroid dienone is 2. The maximum atomic E-state index is 12.5. The number of amides is 1. The normalized spacial score (nSPS) is 29.8. The van der Waals surface area contributed by atoms with Gasteiger partial charge in [0.05, 0.1) is 29.4 Å². The van der Waals surface area contributed by atoms with Gasteiger partial charge in [-0.05, 0) is 32.1 Å². The number of hydrogen-bond donors (Lipinski definition) is 2. The third kappa shape index (κ3) is 2.14. The molecule has 1 aromatic rings. The van der Waals surface area contributed by atoms with Crippen LogP contribution in [0.4, 0.5) is 5.69 Å². The van der Waals surface area contributed by atoms with Crippen LogP contribution in [0.3, 0.4) is 0 Å². The van der Waals surface area contributed by atoms with E-state index in [1.54, 1.807) is 10.9 Å².